The number of rotatable bonds is 7. The minimum Gasteiger partial charge on any atom is -0.425 e. The van der Waals surface area contributed by atoms with Crippen molar-refractivity contribution < 1.29 is 24.5 Å². The summed E-state index contributed by atoms with van der Waals surface area (Å²) in [5.74, 6) is -0.330. The van der Waals surface area contributed by atoms with Crippen LogP contribution in [0.15, 0.2) is 36.4 Å². The van der Waals surface area contributed by atoms with Gasteiger partial charge in [0.15, 0.2) is 11.4 Å². The fourth-order valence-corrected chi connectivity index (χ4v) is 3.92. The molecule has 0 amide bonds. The van der Waals surface area contributed by atoms with Crippen LogP contribution in [0.4, 0.5) is 0 Å². The number of hydrogen-bond acceptors (Lipinski definition) is 5. The summed E-state index contributed by atoms with van der Waals surface area (Å²) in [6.07, 6.45) is 3.42. The van der Waals surface area contributed by atoms with Gasteiger partial charge in [0.05, 0.1) is 5.56 Å². The molecule has 0 bridgehead atoms. The van der Waals surface area contributed by atoms with Crippen LogP contribution >= 0.6 is 0 Å². The smallest absolute Gasteiger partial charge is 0.311 e. The Morgan fingerprint density at radius 2 is 1.82 bits per heavy atom. The zero-order valence-corrected chi connectivity index (χ0v) is 16.6. The maximum Gasteiger partial charge on any atom is 0.311 e. The molecule has 1 N–H and O–H groups in total. The molecule has 1 unspecified atom stereocenters. The van der Waals surface area contributed by atoms with Crippen LogP contribution in [0.5, 0.6) is 5.75 Å². The van der Waals surface area contributed by atoms with E-state index in [0.717, 1.165) is 19.3 Å². The van der Waals surface area contributed by atoms with Gasteiger partial charge in [0.1, 0.15) is 5.75 Å². The Labute approximate surface area is 165 Å². The molecule has 148 valence electrons. The number of unbranched alkanes of at least 4 members (excludes halogenated alkanes) is 2. The summed E-state index contributed by atoms with van der Waals surface area (Å²) in [5.41, 5.74) is 1.37. The van der Waals surface area contributed by atoms with Crippen LogP contribution in [0.25, 0.3) is 0 Å². The highest BCUT2D eigenvalue weighted by Gasteiger charge is 2.46. The topological polar surface area (TPSA) is 72.8 Å². The summed E-state index contributed by atoms with van der Waals surface area (Å²) in [6.45, 7) is 5.75. The van der Waals surface area contributed by atoms with Gasteiger partial charge in [0, 0.05) is 23.1 Å². The van der Waals surface area contributed by atoms with Gasteiger partial charge >= 0.3 is 5.97 Å². The molecule has 0 heterocycles. The lowest BCUT2D eigenvalue weighted by molar-refractivity contribution is -0.316. The third-order valence-corrected chi connectivity index (χ3v) is 5.48. The van der Waals surface area contributed by atoms with E-state index in [1.807, 2.05) is 13.0 Å². The summed E-state index contributed by atoms with van der Waals surface area (Å²) >= 11 is 0. The van der Waals surface area contributed by atoms with Crippen LogP contribution in [0, 0.1) is 6.92 Å². The second-order valence-corrected chi connectivity index (χ2v) is 7.21. The van der Waals surface area contributed by atoms with Crippen LogP contribution in [0.3, 0.4) is 0 Å². The van der Waals surface area contributed by atoms with Crippen LogP contribution in [-0.4, -0.2) is 17.0 Å². The largest absolute Gasteiger partial charge is 0.425 e. The lowest BCUT2D eigenvalue weighted by atomic mass is 9.72. The molecule has 1 aliphatic rings. The van der Waals surface area contributed by atoms with Gasteiger partial charge in [-0.05, 0) is 25.3 Å². The fraction of sp³-hybridized carbons (Fsp3) is 0.391. The van der Waals surface area contributed by atoms with E-state index in [1.165, 1.54) is 0 Å². The van der Waals surface area contributed by atoms with Gasteiger partial charge in [-0.3, -0.25) is 14.8 Å². The van der Waals surface area contributed by atoms with E-state index in [9.17, 15) is 14.8 Å². The van der Waals surface area contributed by atoms with Gasteiger partial charge in [0.25, 0.3) is 0 Å². The average molecular weight is 382 g/mol. The van der Waals surface area contributed by atoms with Crippen molar-refractivity contribution in [1.82, 2.24) is 0 Å². The van der Waals surface area contributed by atoms with Crippen LogP contribution in [0.1, 0.15) is 78.6 Å². The normalized spacial score (nSPS) is 17.8. The molecule has 0 saturated carbocycles. The molecule has 1 aliphatic carbocycles. The third-order valence-electron chi connectivity index (χ3n) is 5.48. The first-order valence-corrected chi connectivity index (χ1v) is 9.81. The molecule has 0 aromatic heterocycles. The van der Waals surface area contributed by atoms with Gasteiger partial charge in [-0.25, -0.2) is 4.89 Å². The Bertz CT molecular complexity index is 896. The number of esters is 1. The van der Waals surface area contributed by atoms with E-state index < -0.39 is 5.60 Å². The quantitative estimate of drug-likeness (QED) is 0.235. The predicted molar refractivity (Wildman–Crippen MR) is 106 cm³/mol. The predicted octanol–water partition coefficient (Wildman–Crippen LogP) is 5.17. The molecule has 0 radical (unpaired) electrons. The number of carbonyl (C=O) groups excluding carboxylic acids is 2. The molecule has 0 fully saturated rings. The van der Waals surface area contributed by atoms with Gasteiger partial charge in [-0.15, -0.1) is 0 Å². The standard InChI is InChI=1S/C23H26O5/c1-4-6-7-12-19(24)27-22-15(3)13-14-18-20(22)21(25)16-10-8-9-11-17(16)23(18,5-2)28-26/h8-11,13-14,26H,4-7,12H2,1-3H3. The molecule has 5 nitrogen and oxygen atoms in total. The van der Waals surface area contributed by atoms with Crippen molar-refractivity contribution in [2.24, 2.45) is 0 Å². The minimum absolute atomic E-state index is 0.230. The second kappa shape index (κ2) is 8.25. The van der Waals surface area contributed by atoms with Crippen molar-refractivity contribution in [3.05, 3.63) is 64.2 Å². The lowest BCUT2D eigenvalue weighted by Gasteiger charge is -2.37. The maximum absolute atomic E-state index is 13.3. The molecule has 3 rings (SSSR count). The Kier molecular flexibility index (Phi) is 5.96. The first-order chi connectivity index (χ1) is 13.5. The highest BCUT2D eigenvalue weighted by Crippen LogP contribution is 2.47. The number of fused-ring (bicyclic) bond motifs is 2. The summed E-state index contributed by atoms with van der Waals surface area (Å²) in [6, 6.07) is 10.6. The van der Waals surface area contributed by atoms with Crippen LogP contribution in [-0.2, 0) is 15.3 Å². The van der Waals surface area contributed by atoms with Crippen LogP contribution in [0.2, 0.25) is 0 Å². The summed E-state index contributed by atoms with van der Waals surface area (Å²) in [5, 5.41) is 9.89. The van der Waals surface area contributed by atoms with Gasteiger partial charge in [0.2, 0.25) is 0 Å². The first-order valence-electron chi connectivity index (χ1n) is 9.81. The fourth-order valence-electron chi connectivity index (χ4n) is 3.92. The SMILES string of the molecule is CCCCCC(=O)Oc1c(C)ccc2c1C(=O)c1ccccc1C2(CC)OO. The molecule has 2 aromatic rings. The van der Waals surface area contributed by atoms with Crippen molar-refractivity contribution in [2.75, 3.05) is 0 Å². The summed E-state index contributed by atoms with van der Waals surface area (Å²) < 4.78 is 5.66. The molecular formula is C23H26O5. The first kappa shape index (κ1) is 20.2. The monoisotopic (exact) mass is 382 g/mol. The van der Waals surface area contributed by atoms with Crippen molar-refractivity contribution in [3.8, 4) is 5.75 Å². The van der Waals surface area contributed by atoms with E-state index in [4.69, 9.17) is 9.62 Å². The van der Waals surface area contributed by atoms with E-state index >= 15 is 0 Å². The van der Waals surface area contributed by atoms with Crippen molar-refractivity contribution >= 4 is 11.8 Å². The number of aryl methyl sites for hydroxylation is 1. The lowest BCUT2D eigenvalue weighted by Crippen LogP contribution is -2.37. The summed E-state index contributed by atoms with van der Waals surface area (Å²) in [7, 11) is 0. The van der Waals surface area contributed by atoms with Crippen molar-refractivity contribution in [3.63, 3.8) is 0 Å². The molecular weight excluding hydrogens is 356 g/mol. The zero-order chi connectivity index (χ0) is 20.3. The molecule has 28 heavy (non-hydrogen) atoms. The number of hydrogen-bond donors (Lipinski definition) is 1. The van der Waals surface area contributed by atoms with Crippen molar-refractivity contribution in [2.45, 2.75) is 58.5 Å². The van der Waals surface area contributed by atoms with Gasteiger partial charge in [-0.2, -0.15) is 0 Å². The van der Waals surface area contributed by atoms with E-state index in [-0.39, 0.29) is 17.5 Å². The Hall–Kier alpha value is -2.50. The van der Waals surface area contributed by atoms with Crippen molar-refractivity contribution in [1.29, 1.82) is 0 Å². The molecule has 1 atom stereocenters. The zero-order valence-electron chi connectivity index (χ0n) is 16.6. The molecule has 2 aromatic carbocycles. The molecule has 0 aliphatic heterocycles. The highest BCUT2D eigenvalue weighted by atomic mass is 17.1. The Balaban J connectivity index is 2.13. The number of ether oxygens (including phenoxy) is 1. The Morgan fingerprint density at radius 1 is 1.07 bits per heavy atom. The average Bonchev–Trinajstić information content (AvgIpc) is 2.71. The molecule has 0 spiro atoms. The number of benzene rings is 2. The van der Waals surface area contributed by atoms with Crippen LogP contribution < -0.4 is 4.74 Å². The third kappa shape index (κ3) is 3.25. The number of carbonyl (C=O) groups is 2. The maximum atomic E-state index is 13.3. The van der Waals surface area contributed by atoms with E-state index in [2.05, 4.69) is 6.92 Å². The van der Waals surface area contributed by atoms with E-state index in [1.54, 1.807) is 37.3 Å². The minimum atomic E-state index is -1.18. The second-order valence-electron chi connectivity index (χ2n) is 7.21. The summed E-state index contributed by atoms with van der Waals surface area (Å²) in [4.78, 5) is 30.7. The molecule has 5 heteroatoms. The Morgan fingerprint density at radius 3 is 2.50 bits per heavy atom. The van der Waals surface area contributed by atoms with Gasteiger partial charge < -0.3 is 4.74 Å². The number of ketones is 1. The van der Waals surface area contributed by atoms with Gasteiger partial charge in [-0.1, -0.05) is 63.1 Å². The molecule has 0 saturated heterocycles. The van der Waals surface area contributed by atoms with E-state index in [0.29, 0.717) is 40.7 Å². The highest BCUT2D eigenvalue weighted by molar-refractivity contribution is 6.15.